The SMILES string of the molecule is CC(C)c1ccc(-c2csc3ncnc(NCCCCCCCCCCC(=O)O)c23)cc1. The van der Waals surface area contributed by atoms with E-state index in [1.807, 2.05) is 0 Å². The predicted molar refractivity (Wildman–Crippen MR) is 135 cm³/mol. The summed E-state index contributed by atoms with van der Waals surface area (Å²) < 4.78 is 0. The number of benzene rings is 1. The van der Waals surface area contributed by atoms with Gasteiger partial charge in [0.25, 0.3) is 0 Å². The van der Waals surface area contributed by atoms with Crippen LogP contribution in [0.2, 0.25) is 0 Å². The van der Waals surface area contributed by atoms with Gasteiger partial charge in [0, 0.05) is 23.9 Å². The number of unbranched alkanes of at least 4 members (excludes halogenated alkanes) is 7. The van der Waals surface area contributed by atoms with Gasteiger partial charge in [-0.05, 0) is 29.9 Å². The molecule has 1 aromatic carbocycles. The van der Waals surface area contributed by atoms with Crippen molar-refractivity contribution in [1.29, 1.82) is 0 Å². The summed E-state index contributed by atoms with van der Waals surface area (Å²) in [6.45, 7) is 5.34. The first kappa shape index (κ1) is 24.2. The van der Waals surface area contributed by atoms with Crippen molar-refractivity contribution < 1.29 is 9.90 Å². The van der Waals surface area contributed by atoms with E-state index in [4.69, 9.17) is 5.11 Å². The van der Waals surface area contributed by atoms with Crippen LogP contribution >= 0.6 is 11.3 Å². The maximum atomic E-state index is 10.5. The first-order chi connectivity index (χ1) is 15.6. The summed E-state index contributed by atoms with van der Waals surface area (Å²) >= 11 is 1.67. The second kappa shape index (κ2) is 12.5. The number of nitrogens with one attached hydrogen (secondary N) is 1. The molecule has 3 rings (SSSR count). The van der Waals surface area contributed by atoms with Crippen molar-refractivity contribution in [2.24, 2.45) is 0 Å². The number of nitrogens with zero attached hydrogens (tertiary/aromatic N) is 2. The van der Waals surface area contributed by atoms with Crippen LogP contribution < -0.4 is 5.32 Å². The molecule has 0 aliphatic rings. The molecule has 0 spiro atoms. The monoisotopic (exact) mass is 453 g/mol. The zero-order chi connectivity index (χ0) is 22.8. The van der Waals surface area contributed by atoms with E-state index in [1.54, 1.807) is 17.7 Å². The lowest BCUT2D eigenvalue weighted by atomic mass is 9.99. The van der Waals surface area contributed by atoms with Gasteiger partial charge < -0.3 is 10.4 Å². The number of aromatic nitrogens is 2. The van der Waals surface area contributed by atoms with Crippen LogP contribution in [-0.4, -0.2) is 27.6 Å². The highest BCUT2D eigenvalue weighted by molar-refractivity contribution is 7.17. The normalized spacial score (nSPS) is 11.3. The summed E-state index contributed by atoms with van der Waals surface area (Å²) in [6.07, 6.45) is 10.9. The summed E-state index contributed by atoms with van der Waals surface area (Å²) in [5.74, 6) is 0.774. The van der Waals surface area contributed by atoms with E-state index in [-0.39, 0.29) is 0 Å². The standard InChI is InChI=1S/C26H35N3O2S/c1-19(2)20-12-14-21(15-13-20)22-17-32-26-24(22)25(28-18-29-26)27-16-10-8-6-4-3-5-7-9-11-23(30)31/h12-15,17-19H,3-11,16H2,1-2H3,(H,30,31)(H,27,28,29). The second-order valence-electron chi connectivity index (χ2n) is 8.73. The minimum atomic E-state index is -0.683. The molecule has 5 nitrogen and oxygen atoms in total. The molecule has 3 aromatic rings. The number of aliphatic carboxylic acids is 1. The summed E-state index contributed by atoms with van der Waals surface area (Å²) in [4.78, 5) is 20.5. The molecule has 0 aliphatic heterocycles. The quantitative estimate of drug-likeness (QED) is 0.247. The van der Waals surface area contributed by atoms with Gasteiger partial charge in [-0.2, -0.15) is 0 Å². The zero-order valence-corrected chi connectivity index (χ0v) is 20.1. The number of rotatable bonds is 14. The van der Waals surface area contributed by atoms with Gasteiger partial charge in [0.2, 0.25) is 0 Å². The summed E-state index contributed by atoms with van der Waals surface area (Å²) in [5.41, 5.74) is 3.76. The number of fused-ring (bicyclic) bond motifs is 1. The lowest BCUT2D eigenvalue weighted by Gasteiger charge is -2.10. The molecule has 0 saturated carbocycles. The minimum absolute atomic E-state index is 0.303. The molecule has 0 amide bonds. The number of hydrogen-bond acceptors (Lipinski definition) is 5. The summed E-state index contributed by atoms with van der Waals surface area (Å²) in [6, 6.07) is 8.84. The molecule has 2 N–H and O–H groups in total. The largest absolute Gasteiger partial charge is 0.481 e. The molecule has 0 radical (unpaired) electrons. The van der Waals surface area contributed by atoms with E-state index in [0.29, 0.717) is 12.3 Å². The Morgan fingerprint density at radius 2 is 1.62 bits per heavy atom. The Morgan fingerprint density at radius 3 is 2.28 bits per heavy atom. The average Bonchev–Trinajstić information content (AvgIpc) is 3.22. The molecular formula is C26H35N3O2S. The third kappa shape index (κ3) is 7.02. The third-order valence-electron chi connectivity index (χ3n) is 5.87. The average molecular weight is 454 g/mol. The van der Waals surface area contributed by atoms with Crippen LogP contribution in [0.1, 0.15) is 83.1 Å². The number of carboxylic acid groups (broad SMARTS) is 1. The molecular weight excluding hydrogens is 418 g/mol. The highest BCUT2D eigenvalue weighted by atomic mass is 32.1. The fourth-order valence-corrected chi connectivity index (χ4v) is 4.85. The Morgan fingerprint density at radius 1 is 0.969 bits per heavy atom. The Bertz CT molecular complexity index is 982. The first-order valence-electron chi connectivity index (χ1n) is 11.8. The van der Waals surface area contributed by atoms with E-state index in [1.165, 1.54) is 42.4 Å². The highest BCUT2D eigenvalue weighted by Gasteiger charge is 2.13. The van der Waals surface area contributed by atoms with E-state index in [0.717, 1.165) is 48.3 Å². The van der Waals surface area contributed by atoms with Gasteiger partial charge in [0.1, 0.15) is 17.0 Å². The Kier molecular flexibility index (Phi) is 9.47. The predicted octanol–water partition coefficient (Wildman–Crippen LogP) is 7.49. The Labute approximate surface area is 195 Å². The van der Waals surface area contributed by atoms with Crippen LogP contribution in [-0.2, 0) is 4.79 Å². The Balaban J connectivity index is 1.46. The van der Waals surface area contributed by atoms with Crippen LogP contribution in [0.4, 0.5) is 5.82 Å². The van der Waals surface area contributed by atoms with Crippen molar-refractivity contribution in [3.63, 3.8) is 0 Å². The van der Waals surface area contributed by atoms with E-state index in [2.05, 4.69) is 58.8 Å². The fraction of sp³-hybridized carbons (Fsp3) is 0.500. The van der Waals surface area contributed by atoms with E-state index < -0.39 is 5.97 Å². The van der Waals surface area contributed by atoms with E-state index >= 15 is 0 Å². The van der Waals surface area contributed by atoms with Crippen LogP contribution in [0.15, 0.2) is 36.0 Å². The van der Waals surface area contributed by atoms with Gasteiger partial charge in [-0.15, -0.1) is 11.3 Å². The van der Waals surface area contributed by atoms with Crippen LogP contribution in [0.3, 0.4) is 0 Å². The zero-order valence-electron chi connectivity index (χ0n) is 19.3. The first-order valence-corrected chi connectivity index (χ1v) is 12.7. The van der Waals surface area contributed by atoms with Crippen molar-refractivity contribution in [3.8, 4) is 11.1 Å². The summed E-state index contributed by atoms with van der Waals surface area (Å²) in [7, 11) is 0. The fourth-order valence-electron chi connectivity index (χ4n) is 3.94. The lowest BCUT2D eigenvalue weighted by molar-refractivity contribution is -0.137. The molecule has 2 heterocycles. The summed E-state index contributed by atoms with van der Waals surface area (Å²) in [5, 5.41) is 15.5. The number of hydrogen-bond donors (Lipinski definition) is 2. The molecule has 0 unspecified atom stereocenters. The van der Waals surface area contributed by atoms with Gasteiger partial charge in [0.05, 0.1) is 5.39 Å². The minimum Gasteiger partial charge on any atom is -0.481 e. The van der Waals surface area contributed by atoms with E-state index in [9.17, 15) is 4.79 Å². The van der Waals surface area contributed by atoms with Crippen LogP contribution in [0, 0.1) is 0 Å². The van der Waals surface area contributed by atoms with Gasteiger partial charge in [-0.3, -0.25) is 4.79 Å². The number of thiophene rings is 1. The Hall–Kier alpha value is -2.47. The van der Waals surface area contributed by atoms with Gasteiger partial charge in [-0.25, -0.2) is 9.97 Å². The molecule has 0 bridgehead atoms. The number of carboxylic acids is 1. The molecule has 0 aliphatic carbocycles. The molecule has 6 heteroatoms. The highest BCUT2D eigenvalue weighted by Crippen LogP contribution is 2.36. The molecule has 2 aromatic heterocycles. The van der Waals surface area contributed by atoms with Crippen molar-refractivity contribution in [2.45, 2.75) is 77.6 Å². The van der Waals surface area contributed by atoms with Gasteiger partial charge in [-0.1, -0.05) is 76.6 Å². The molecule has 0 fully saturated rings. The van der Waals surface area contributed by atoms with Gasteiger partial charge in [0.15, 0.2) is 0 Å². The van der Waals surface area contributed by atoms with Crippen LogP contribution in [0.25, 0.3) is 21.3 Å². The maximum Gasteiger partial charge on any atom is 0.303 e. The molecule has 0 atom stereocenters. The topological polar surface area (TPSA) is 75.1 Å². The second-order valence-corrected chi connectivity index (χ2v) is 9.59. The molecule has 0 saturated heterocycles. The number of anilines is 1. The maximum absolute atomic E-state index is 10.5. The smallest absolute Gasteiger partial charge is 0.303 e. The van der Waals surface area contributed by atoms with Crippen molar-refractivity contribution in [1.82, 2.24) is 9.97 Å². The van der Waals surface area contributed by atoms with Crippen molar-refractivity contribution in [2.75, 3.05) is 11.9 Å². The van der Waals surface area contributed by atoms with Gasteiger partial charge >= 0.3 is 5.97 Å². The van der Waals surface area contributed by atoms with Crippen molar-refractivity contribution >= 4 is 33.3 Å². The third-order valence-corrected chi connectivity index (χ3v) is 6.75. The molecule has 32 heavy (non-hydrogen) atoms. The lowest BCUT2D eigenvalue weighted by Crippen LogP contribution is -2.04. The van der Waals surface area contributed by atoms with Crippen LogP contribution in [0.5, 0.6) is 0 Å². The molecule has 172 valence electrons. The van der Waals surface area contributed by atoms with Crippen molar-refractivity contribution in [3.05, 3.63) is 41.5 Å². The number of carbonyl (C=O) groups is 1.